The van der Waals surface area contributed by atoms with Crippen molar-refractivity contribution in [2.75, 3.05) is 11.5 Å². The molecule has 0 radical (unpaired) electrons. The van der Waals surface area contributed by atoms with Gasteiger partial charge in [0.05, 0.1) is 0 Å². The molecule has 0 rings (SSSR count). The van der Waals surface area contributed by atoms with Gasteiger partial charge in [0, 0.05) is 0 Å². The molecule has 40 heavy (non-hydrogen) atoms. The van der Waals surface area contributed by atoms with E-state index in [1.807, 2.05) is 23.5 Å². The van der Waals surface area contributed by atoms with Crippen LogP contribution in [0.15, 0.2) is 0 Å². The Hall–Kier alpha value is 1.58. The van der Waals surface area contributed by atoms with Crippen LogP contribution in [0.4, 0.5) is 0 Å². The number of unbranched alkanes of at least 4 members (excludes halogenated alkanes) is 26. The van der Waals surface area contributed by atoms with E-state index >= 15 is 0 Å². The maximum absolute atomic E-state index is 5.56. The zero-order valence-electron chi connectivity index (χ0n) is 26.7. The Balaban J connectivity index is 3.27. The molecule has 0 fully saturated rings. The highest BCUT2D eigenvalue weighted by Gasteiger charge is 2.05. The first-order valence-corrected chi connectivity index (χ1v) is 22.3. The van der Waals surface area contributed by atoms with Gasteiger partial charge in [-0.3, -0.25) is 0 Å². The molecule has 0 heterocycles. The van der Waals surface area contributed by atoms with Crippen molar-refractivity contribution in [3.8, 4) is 0 Å². The Morgan fingerprint density at radius 1 is 0.325 bits per heavy atom. The standard InChI is InChI=1S/C34H66S6/c1-3-5-7-9-11-13-15-17-19-21-23-25-27-29-31-37-33(35)39-40-34(36)38-32-30-28-26-24-22-20-18-16-14-12-10-8-6-4-2/h3-32H2,1-2H3. The predicted molar refractivity (Wildman–Crippen MR) is 206 cm³/mol. The maximum atomic E-state index is 5.56. The van der Waals surface area contributed by atoms with Gasteiger partial charge in [0.1, 0.15) is 7.06 Å². The Bertz CT molecular complexity index is 479. The highest BCUT2D eigenvalue weighted by molar-refractivity contribution is 8.96. The van der Waals surface area contributed by atoms with Crippen molar-refractivity contribution in [1.29, 1.82) is 0 Å². The van der Waals surface area contributed by atoms with Crippen molar-refractivity contribution in [1.82, 2.24) is 0 Å². The molecule has 0 aliphatic heterocycles. The van der Waals surface area contributed by atoms with Gasteiger partial charge < -0.3 is 0 Å². The van der Waals surface area contributed by atoms with Gasteiger partial charge >= 0.3 is 0 Å². The molecule has 0 amide bonds. The third-order valence-corrected chi connectivity index (χ3v) is 14.4. The van der Waals surface area contributed by atoms with E-state index in [1.54, 1.807) is 21.6 Å². The molecule has 0 nitrogen and oxygen atoms in total. The second-order valence-electron chi connectivity index (χ2n) is 11.6. The minimum Gasteiger partial charge on any atom is -0.107 e. The number of thiocarbonyl (C=S) groups is 2. The number of rotatable bonds is 30. The lowest BCUT2D eigenvalue weighted by molar-refractivity contribution is 0.538. The van der Waals surface area contributed by atoms with Crippen LogP contribution in [0.3, 0.4) is 0 Å². The summed E-state index contributed by atoms with van der Waals surface area (Å²) in [5, 5.41) is 0. The van der Waals surface area contributed by atoms with Gasteiger partial charge in [0.25, 0.3) is 0 Å². The van der Waals surface area contributed by atoms with Gasteiger partial charge in [-0.25, -0.2) is 0 Å². The van der Waals surface area contributed by atoms with Crippen LogP contribution in [-0.4, -0.2) is 18.6 Å². The minimum atomic E-state index is 1.05. The van der Waals surface area contributed by atoms with E-state index in [0.717, 1.165) is 7.06 Å². The largest absolute Gasteiger partial charge is 0.115 e. The van der Waals surface area contributed by atoms with Crippen molar-refractivity contribution in [3.05, 3.63) is 0 Å². The average molecular weight is 667 g/mol. The van der Waals surface area contributed by atoms with E-state index < -0.39 is 0 Å². The first-order chi connectivity index (χ1) is 19.7. The van der Waals surface area contributed by atoms with Crippen LogP contribution in [0.5, 0.6) is 0 Å². The smallest absolute Gasteiger partial charge is 0.107 e. The van der Waals surface area contributed by atoms with Crippen LogP contribution >= 0.6 is 69.5 Å². The monoisotopic (exact) mass is 666 g/mol. The first kappa shape index (κ1) is 41.6. The van der Waals surface area contributed by atoms with Gasteiger partial charge in [0.15, 0.2) is 0 Å². The molecule has 0 bridgehead atoms. The highest BCUT2D eigenvalue weighted by atomic mass is 33.1. The summed E-state index contributed by atoms with van der Waals surface area (Å²) in [5.41, 5.74) is 0. The molecule has 0 unspecified atom stereocenters. The maximum Gasteiger partial charge on any atom is 0.115 e. The molecule has 6 heteroatoms. The molecular weight excluding hydrogens is 601 g/mol. The van der Waals surface area contributed by atoms with E-state index in [1.165, 1.54) is 191 Å². The fourth-order valence-corrected chi connectivity index (χ4v) is 10.1. The summed E-state index contributed by atoms with van der Waals surface area (Å²) in [4.78, 5) is 0. The number of hydrogen-bond donors (Lipinski definition) is 0. The van der Waals surface area contributed by atoms with E-state index in [0.29, 0.717) is 0 Å². The predicted octanol–water partition coefficient (Wildman–Crippen LogP) is 15.4. The molecule has 0 aliphatic rings. The first-order valence-electron chi connectivity index (χ1n) is 17.4. The number of hydrogen-bond acceptors (Lipinski definition) is 6. The lowest BCUT2D eigenvalue weighted by Gasteiger charge is -2.05. The molecule has 0 aromatic carbocycles. The Kier molecular flexibility index (Phi) is 38.2. The van der Waals surface area contributed by atoms with Crippen LogP contribution in [-0.2, 0) is 0 Å². The third kappa shape index (κ3) is 35.8. The third-order valence-electron chi connectivity index (χ3n) is 7.61. The lowest BCUT2D eigenvalue weighted by atomic mass is 10.0. The van der Waals surface area contributed by atoms with E-state index in [9.17, 15) is 0 Å². The van der Waals surface area contributed by atoms with Crippen LogP contribution in [0, 0.1) is 0 Å². The fourth-order valence-electron chi connectivity index (χ4n) is 5.02. The van der Waals surface area contributed by atoms with Crippen molar-refractivity contribution in [3.63, 3.8) is 0 Å². The average Bonchev–Trinajstić information content (AvgIpc) is 2.96. The van der Waals surface area contributed by atoms with Crippen LogP contribution in [0.2, 0.25) is 0 Å². The zero-order valence-corrected chi connectivity index (χ0v) is 31.6. The van der Waals surface area contributed by atoms with Crippen LogP contribution in [0.25, 0.3) is 0 Å². The summed E-state index contributed by atoms with van der Waals surface area (Å²) >= 11 is 14.8. The topological polar surface area (TPSA) is 0 Å². The van der Waals surface area contributed by atoms with Gasteiger partial charge in [0.2, 0.25) is 0 Å². The summed E-state index contributed by atoms with van der Waals surface area (Å²) in [6.07, 6.45) is 39.7. The molecule has 0 aliphatic carbocycles. The zero-order chi connectivity index (χ0) is 29.2. The van der Waals surface area contributed by atoms with E-state index in [2.05, 4.69) is 13.8 Å². The van der Waals surface area contributed by atoms with Gasteiger partial charge in [-0.1, -0.05) is 205 Å². The van der Waals surface area contributed by atoms with Crippen molar-refractivity contribution in [2.24, 2.45) is 0 Å². The summed E-state index contributed by atoms with van der Waals surface area (Å²) in [5.74, 6) is 2.34. The molecule has 0 aromatic rings. The highest BCUT2D eigenvalue weighted by Crippen LogP contribution is 2.35. The molecule has 0 saturated heterocycles. The van der Waals surface area contributed by atoms with Crippen LogP contribution < -0.4 is 0 Å². The second-order valence-corrected chi connectivity index (χ2v) is 18.3. The Morgan fingerprint density at radius 2 is 0.525 bits per heavy atom. The summed E-state index contributed by atoms with van der Waals surface area (Å²) < 4.78 is 2.11. The summed E-state index contributed by atoms with van der Waals surface area (Å²) in [6, 6.07) is 0. The van der Waals surface area contributed by atoms with Gasteiger partial charge in [-0.2, -0.15) is 0 Å². The molecule has 0 atom stereocenters. The Labute approximate surface area is 279 Å². The molecule has 0 spiro atoms. The Morgan fingerprint density at radius 3 is 0.750 bits per heavy atom. The van der Waals surface area contributed by atoms with Gasteiger partial charge in [-0.15, -0.1) is 23.5 Å². The van der Waals surface area contributed by atoms with E-state index in [-0.39, 0.29) is 0 Å². The number of thioether (sulfide) groups is 2. The normalized spacial score (nSPS) is 11.3. The molecule has 0 N–H and O–H groups in total. The fraction of sp³-hybridized carbons (Fsp3) is 0.941. The second kappa shape index (κ2) is 36.8. The lowest BCUT2D eigenvalue weighted by Crippen LogP contribution is -1.88. The quantitative estimate of drug-likeness (QED) is 0.0422. The van der Waals surface area contributed by atoms with Crippen LogP contribution in [0.1, 0.15) is 194 Å². The van der Waals surface area contributed by atoms with Crippen molar-refractivity contribution in [2.45, 2.75) is 194 Å². The van der Waals surface area contributed by atoms with Crippen molar-refractivity contribution >= 4 is 76.6 Å². The molecule has 238 valence electrons. The molecule has 0 aromatic heterocycles. The van der Waals surface area contributed by atoms with Gasteiger partial charge in [-0.05, 0) is 45.9 Å². The SMILES string of the molecule is CCCCCCCCCCCCCCCCSC(=S)SSC(=S)SCCCCCCCCCCCCCCCC. The molecular formula is C34H66S6. The minimum absolute atomic E-state index is 1.05. The summed E-state index contributed by atoms with van der Waals surface area (Å²) in [7, 11) is 3.42. The summed E-state index contributed by atoms with van der Waals surface area (Å²) in [6.45, 7) is 4.59. The van der Waals surface area contributed by atoms with E-state index in [4.69, 9.17) is 24.4 Å². The molecule has 0 saturated carbocycles. The van der Waals surface area contributed by atoms with Crippen molar-refractivity contribution < 1.29 is 0 Å².